The minimum absolute atomic E-state index is 0.0922. The number of sulfone groups is 1. The predicted molar refractivity (Wildman–Crippen MR) is 130 cm³/mol. The highest BCUT2D eigenvalue weighted by atomic mass is 32.2. The molecule has 3 heterocycles. The predicted octanol–water partition coefficient (Wildman–Crippen LogP) is 4.47. The molecule has 5 rings (SSSR count). The van der Waals surface area contributed by atoms with E-state index in [1.54, 1.807) is 18.2 Å². The van der Waals surface area contributed by atoms with Crippen LogP contribution < -0.4 is 15.1 Å². The van der Waals surface area contributed by atoms with E-state index < -0.39 is 21.5 Å². The van der Waals surface area contributed by atoms with Crippen molar-refractivity contribution in [2.75, 3.05) is 37.6 Å². The number of likely N-dealkylation sites (N-methyl/N-ethyl adjacent to an activating group) is 1. The first kappa shape index (κ1) is 25.1. The van der Waals surface area contributed by atoms with Gasteiger partial charge in [0.15, 0.2) is 6.04 Å². The molecule has 0 amide bonds. The van der Waals surface area contributed by atoms with Crippen molar-refractivity contribution in [1.29, 1.82) is 0 Å². The third kappa shape index (κ3) is 5.44. The minimum atomic E-state index is -4.05. The van der Waals surface area contributed by atoms with E-state index in [-0.39, 0.29) is 15.8 Å². The Labute approximate surface area is 202 Å². The average molecular weight is 491 g/mol. The van der Waals surface area contributed by atoms with E-state index >= 15 is 0 Å². The van der Waals surface area contributed by atoms with Gasteiger partial charge >= 0.3 is 0 Å². The Morgan fingerprint density at radius 2 is 1.62 bits per heavy atom. The summed E-state index contributed by atoms with van der Waals surface area (Å²) in [7, 11) is -4.05. The number of anilines is 1. The molecule has 34 heavy (non-hydrogen) atoms. The summed E-state index contributed by atoms with van der Waals surface area (Å²) >= 11 is 0. The molecule has 0 spiro atoms. The van der Waals surface area contributed by atoms with Gasteiger partial charge in [-0.3, -0.25) is 0 Å². The van der Waals surface area contributed by atoms with E-state index in [1.165, 1.54) is 31.7 Å². The quantitative estimate of drug-likeness (QED) is 0.581. The fourth-order valence-corrected chi connectivity index (χ4v) is 6.76. The highest BCUT2D eigenvalue weighted by Crippen LogP contribution is 2.37. The van der Waals surface area contributed by atoms with Crippen LogP contribution >= 0.6 is 0 Å². The lowest BCUT2D eigenvalue weighted by Crippen LogP contribution is -2.56. The monoisotopic (exact) mass is 490 g/mol. The highest BCUT2D eigenvalue weighted by molar-refractivity contribution is 7.91. The van der Waals surface area contributed by atoms with E-state index in [2.05, 4.69) is 15.1 Å². The van der Waals surface area contributed by atoms with E-state index in [0.717, 1.165) is 51.2 Å². The molecule has 0 aliphatic carbocycles. The molecule has 3 aliphatic rings. The zero-order valence-corrected chi connectivity index (χ0v) is 20.6. The zero-order valence-electron chi connectivity index (χ0n) is 19.8. The van der Waals surface area contributed by atoms with E-state index in [1.807, 2.05) is 6.92 Å². The van der Waals surface area contributed by atoms with Crippen LogP contribution in [0.2, 0.25) is 0 Å². The maximum atomic E-state index is 13.6. The summed E-state index contributed by atoms with van der Waals surface area (Å²) in [6, 6.07) is 9.87. The van der Waals surface area contributed by atoms with Gasteiger partial charge in [0.1, 0.15) is 24.7 Å². The molecule has 3 aliphatic heterocycles. The second kappa shape index (κ2) is 11.1. The van der Waals surface area contributed by atoms with Gasteiger partial charge in [0.05, 0.1) is 27.9 Å². The minimum Gasteiger partial charge on any atom is -0.361 e. The van der Waals surface area contributed by atoms with Crippen molar-refractivity contribution in [3.8, 4) is 0 Å². The lowest BCUT2D eigenvalue weighted by atomic mass is 9.98. The Kier molecular flexibility index (Phi) is 8.22. The molecule has 0 bridgehead atoms. The molecule has 2 unspecified atom stereocenters. The number of halogens is 2. The van der Waals surface area contributed by atoms with Crippen LogP contribution in [0.5, 0.6) is 0 Å². The van der Waals surface area contributed by atoms with Gasteiger partial charge in [0, 0.05) is 32.1 Å². The molecular weight excluding hydrogens is 456 g/mol. The number of fused-ring (bicyclic) bond motifs is 1. The number of benzene rings is 2. The second-order valence-corrected chi connectivity index (χ2v) is 11.1. The molecule has 0 aromatic heterocycles. The SMILES string of the molecule is C1CCC[N]CC1.CCN(c1ccccc1S(=O)(=O)c1cc(F)cc(F)c1)C1CC[N+]2CCC12. The van der Waals surface area contributed by atoms with Crippen molar-refractivity contribution in [2.45, 2.75) is 67.3 Å². The Balaban J connectivity index is 0.000000336. The number of hydrogen-bond donors (Lipinski definition) is 0. The molecule has 5 nitrogen and oxygen atoms in total. The van der Waals surface area contributed by atoms with Crippen LogP contribution in [0.1, 0.15) is 45.4 Å². The number of para-hydroxylation sites is 1. The third-order valence-corrected chi connectivity index (χ3v) is 8.85. The van der Waals surface area contributed by atoms with Gasteiger partial charge in [0.2, 0.25) is 9.84 Å². The number of nitrogens with zero attached hydrogens (tertiary/aromatic N) is 3. The summed E-state index contributed by atoms with van der Waals surface area (Å²) in [4.78, 5) is 4.29. The Bertz CT molecular complexity index is 1040. The molecule has 0 N–H and O–H groups in total. The van der Waals surface area contributed by atoms with Crippen molar-refractivity contribution in [1.82, 2.24) is 10.2 Å². The fraction of sp³-hybridized carbons (Fsp3) is 0.538. The van der Waals surface area contributed by atoms with Gasteiger partial charge in [-0.05, 0) is 44.0 Å². The van der Waals surface area contributed by atoms with E-state index in [9.17, 15) is 17.2 Å². The first-order valence-corrected chi connectivity index (χ1v) is 13.8. The third-order valence-electron chi connectivity index (χ3n) is 7.07. The maximum Gasteiger partial charge on any atom is 0.208 e. The molecule has 3 saturated heterocycles. The molecule has 2 aromatic carbocycles. The summed E-state index contributed by atoms with van der Waals surface area (Å²) in [5.41, 5.74) is 0.600. The first-order valence-electron chi connectivity index (χ1n) is 12.4. The number of rotatable bonds is 5. The molecule has 2 radical (unpaired) electrons. The Morgan fingerprint density at radius 1 is 0.971 bits per heavy atom. The molecule has 0 saturated carbocycles. The van der Waals surface area contributed by atoms with Crippen LogP contribution in [-0.4, -0.2) is 53.2 Å². The highest BCUT2D eigenvalue weighted by Gasteiger charge is 2.52. The van der Waals surface area contributed by atoms with Crippen molar-refractivity contribution < 1.29 is 17.2 Å². The largest absolute Gasteiger partial charge is 0.361 e. The topological polar surface area (TPSA) is 57.4 Å². The molecule has 2 atom stereocenters. The van der Waals surface area contributed by atoms with Gasteiger partial charge < -0.3 is 4.90 Å². The van der Waals surface area contributed by atoms with E-state index in [4.69, 9.17) is 0 Å². The molecule has 184 valence electrons. The van der Waals surface area contributed by atoms with Gasteiger partial charge in [-0.2, -0.15) is 4.90 Å². The summed E-state index contributed by atoms with van der Waals surface area (Å²) in [6.45, 7) is 7.04. The van der Waals surface area contributed by atoms with Gasteiger partial charge in [-0.1, -0.05) is 25.0 Å². The van der Waals surface area contributed by atoms with Crippen LogP contribution in [0.3, 0.4) is 0 Å². The van der Waals surface area contributed by atoms with Crippen molar-refractivity contribution in [2.24, 2.45) is 0 Å². The lowest BCUT2D eigenvalue weighted by Gasteiger charge is -2.36. The lowest BCUT2D eigenvalue weighted by molar-refractivity contribution is 0.237. The van der Waals surface area contributed by atoms with Gasteiger partial charge in [0.25, 0.3) is 0 Å². The second-order valence-electron chi connectivity index (χ2n) is 9.20. The average Bonchev–Trinajstić information content (AvgIpc) is 2.99. The van der Waals surface area contributed by atoms with Crippen LogP contribution in [0.15, 0.2) is 52.3 Å². The van der Waals surface area contributed by atoms with Crippen molar-refractivity contribution in [3.05, 3.63) is 54.1 Å². The zero-order chi connectivity index (χ0) is 24.1. The summed E-state index contributed by atoms with van der Waals surface area (Å²) < 4.78 is 53.6. The van der Waals surface area contributed by atoms with Crippen LogP contribution in [0, 0.1) is 11.6 Å². The normalized spacial score (nSPS) is 22.7. The summed E-state index contributed by atoms with van der Waals surface area (Å²) in [5, 5.41) is 4.27. The van der Waals surface area contributed by atoms with Crippen molar-refractivity contribution in [3.63, 3.8) is 0 Å². The van der Waals surface area contributed by atoms with Crippen molar-refractivity contribution >= 4 is 15.5 Å². The standard InChI is InChI=1S/C20H22F2N2O2S.C6H12N/c1-2-24(18-8-10-23-9-7-17(18)23)19-5-3-4-6-20(19)27(25,26)16-12-14(21)11-15(22)13-16;1-2-4-6-7-5-3-1/h3-6,11-13,17-18H,2,7-10H2,1H3;1-6H2/q+1;. The van der Waals surface area contributed by atoms with Crippen LogP contribution in [0.25, 0.3) is 0 Å². The van der Waals surface area contributed by atoms with E-state index in [0.29, 0.717) is 24.3 Å². The molecule has 3 fully saturated rings. The van der Waals surface area contributed by atoms with Gasteiger partial charge in [-0.15, -0.1) is 0 Å². The fourth-order valence-electron chi connectivity index (χ4n) is 5.26. The molecule has 8 heteroatoms. The Hall–Kier alpha value is -2.03. The van der Waals surface area contributed by atoms with Crippen LogP contribution in [0.4, 0.5) is 14.5 Å². The smallest absolute Gasteiger partial charge is 0.208 e. The number of hydrogen-bond acceptors (Lipinski definition) is 4. The summed E-state index contributed by atoms with van der Waals surface area (Å²) in [6.07, 6.45) is 7.58. The van der Waals surface area contributed by atoms with Gasteiger partial charge in [-0.25, -0.2) is 22.5 Å². The maximum absolute atomic E-state index is 13.6. The molecular formula is C26H34F2N3O2S+. The Morgan fingerprint density at radius 3 is 2.21 bits per heavy atom. The van der Waals surface area contributed by atoms with Crippen LogP contribution in [-0.2, 0) is 9.84 Å². The molecule has 2 aromatic rings. The summed E-state index contributed by atoms with van der Waals surface area (Å²) in [5.74, 6) is -1.81. The first-order chi connectivity index (χ1) is 16.4.